The van der Waals surface area contributed by atoms with Gasteiger partial charge in [0.25, 0.3) is 11.8 Å². The van der Waals surface area contributed by atoms with E-state index in [-0.39, 0.29) is 36.5 Å². The van der Waals surface area contributed by atoms with Gasteiger partial charge in [0.15, 0.2) is 0 Å². The van der Waals surface area contributed by atoms with Crippen molar-refractivity contribution in [2.45, 2.75) is 13.8 Å². The number of nitrogens with one attached hydrogen (secondary N) is 2. The third kappa shape index (κ3) is 5.30. The van der Waals surface area contributed by atoms with Crippen LogP contribution in [0.4, 0.5) is 0 Å². The van der Waals surface area contributed by atoms with Crippen LogP contribution >= 0.6 is 0 Å². The van der Waals surface area contributed by atoms with Crippen molar-refractivity contribution in [2.24, 2.45) is 0 Å². The van der Waals surface area contributed by atoms with Gasteiger partial charge in [0.05, 0.1) is 35.6 Å². The summed E-state index contributed by atoms with van der Waals surface area (Å²) in [5, 5.41) is 4.97. The van der Waals surface area contributed by atoms with Gasteiger partial charge in [-0.1, -0.05) is 0 Å². The molecule has 2 amide bonds. The monoisotopic (exact) mass is 354 g/mol. The van der Waals surface area contributed by atoms with E-state index in [2.05, 4.69) is 20.6 Å². The summed E-state index contributed by atoms with van der Waals surface area (Å²) in [5.74, 6) is -1.05. The summed E-state index contributed by atoms with van der Waals surface area (Å²) in [7, 11) is 0. The van der Waals surface area contributed by atoms with Crippen LogP contribution in [0.5, 0.6) is 0 Å². The minimum atomic E-state index is -0.385. The number of hydrogen-bond donors (Lipinski definition) is 2. The fraction of sp³-hybridized carbons (Fsp3) is 0.222. The molecule has 0 radical (unpaired) electrons. The molecule has 0 aliphatic carbocycles. The molecule has 2 rings (SSSR count). The molecule has 0 saturated heterocycles. The van der Waals surface area contributed by atoms with Crippen LogP contribution in [0.25, 0.3) is 11.4 Å². The quantitative estimate of drug-likeness (QED) is 0.759. The average molecular weight is 354 g/mol. The smallest absolute Gasteiger partial charge is 0.253 e. The average Bonchev–Trinajstić information content (AvgIpc) is 2.64. The first-order valence-corrected chi connectivity index (χ1v) is 7.84. The Balaban J connectivity index is 2.05. The van der Waals surface area contributed by atoms with E-state index in [0.717, 1.165) is 0 Å². The Labute approximate surface area is 150 Å². The lowest BCUT2D eigenvalue weighted by Crippen LogP contribution is -2.28. The van der Waals surface area contributed by atoms with E-state index in [1.54, 1.807) is 24.3 Å². The highest BCUT2D eigenvalue weighted by Crippen LogP contribution is 2.15. The van der Waals surface area contributed by atoms with Crippen molar-refractivity contribution in [1.29, 1.82) is 0 Å². The first-order chi connectivity index (χ1) is 12.4. The van der Waals surface area contributed by atoms with Crippen LogP contribution in [-0.4, -0.2) is 46.4 Å². The zero-order valence-electron chi connectivity index (χ0n) is 14.4. The third-order valence-electron chi connectivity index (χ3n) is 3.31. The molecule has 8 nitrogen and oxygen atoms in total. The second kappa shape index (κ2) is 8.61. The number of rotatable bonds is 7. The first kappa shape index (κ1) is 18.9. The van der Waals surface area contributed by atoms with Crippen LogP contribution in [-0.2, 0) is 9.59 Å². The van der Waals surface area contributed by atoms with Crippen molar-refractivity contribution >= 4 is 23.4 Å². The summed E-state index contributed by atoms with van der Waals surface area (Å²) < 4.78 is 0. The molecule has 134 valence electrons. The van der Waals surface area contributed by atoms with Crippen molar-refractivity contribution in [1.82, 2.24) is 20.6 Å². The van der Waals surface area contributed by atoms with Crippen LogP contribution < -0.4 is 10.6 Å². The van der Waals surface area contributed by atoms with Gasteiger partial charge in [-0.15, -0.1) is 0 Å². The van der Waals surface area contributed by atoms with E-state index in [1.165, 1.54) is 26.2 Å². The first-order valence-electron chi connectivity index (χ1n) is 7.84. The summed E-state index contributed by atoms with van der Waals surface area (Å²) in [6.07, 6.45) is 2.78. The number of aromatic nitrogens is 2. The van der Waals surface area contributed by atoms with Gasteiger partial charge in [-0.25, -0.2) is 0 Å². The summed E-state index contributed by atoms with van der Waals surface area (Å²) in [6, 6.07) is 6.40. The Hall–Kier alpha value is -3.42. The Morgan fingerprint density at radius 1 is 0.731 bits per heavy atom. The van der Waals surface area contributed by atoms with Crippen molar-refractivity contribution < 1.29 is 19.2 Å². The molecule has 0 bridgehead atoms. The molecule has 26 heavy (non-hydrogen) atoms. The summed E-state index contributed by atoms with van der Waals surface area (Å²) in [6.45, 7) is 2.71. The fourth-order valence-electron chi connectivity index (χ4n) is 1.97. The van der Waals surface area contributed by atoms with E-state index in [0.29, 0.717) is 22.5 Å². The SMILES string of the molecule is CC(=O)CNC(=O)c1ccc(-c2ccc(C(=O)NCC(C)=O)cn2)nc1. The van der Waals surface area contributed by atoms with Gasteiger partial charge < -0.3 is 10.6 Å². The zero-order chi connectivity index (χ0) is 19.1. The zero-order valence-corrected chi connectivity index (χ0v) is 14.4. The Morgan fingerprint density at radius 3 is 1.38 bits per heavy atom. The molecule has 0 saturated carbocycles. The number of Topliss-reactive ketones (excluding diaryl/α,β-unsaturated/α-hetero) is 2. The lowest BCUT2D eigenvalue weighted by atomic mass is 10.1. The molecule has 0 unspecified atom stereocenters. The molecule has 0 atom stereocenters. The third-order valence-corrected chi connectivity index (χ3v) is 3.31. The van der Waals surface area contributed by atoms with E-state index in [4.69, 9.17) is 0 Å². The van der Waals surface area contributed by atoms with Crippen LogP contribution in [0.1, 0.15) is 34.6 Å². The van der Waals surface area contributed by atoms with Gasteiger partial charge >= 0.3 is 0 Å². The normalized spacial score (nSPS) is 10.1. The van der Waals surface area contributed by atoms with Gasteiger partial charge in [-0.3, -0.25) is 29.1 Å². The van der Waals surface area contributed by atoms with Gasteiger partial charge in [0.1, 0.15) is 11.6 Å². The van der Waals surface area contributed by atoms with Crippen LogP contribution in [0.2, 0.25) is 0 Å². The lowest BCUT2D eigenvalue weighted by Gasteiger charge is -2.05. The largest absolute Gasteiger partial charge is 0.345 e. The minimum Gasteiger partial charge on any atom is -0.345 e. The molecule has 2 N–H and O–H groups in total. The van der Waals surface area contributed by atoms with Crippen LogP contribution in [0.3, 0.4) is 0 Å². The second-order valence-corrected chi connectivity index (χ2v) is 5.63. The van der Waals surface area contributed by atoms with Gasteiger partial charge in [-0.2, -0.15) is 0 Å². The van der Waals surface area contributed by atoms with Crippen molar-refractivity contribution in [3.05, 3.63) is 47.8 Å². The molecule has 0 aromatic carbocycles. The predicted molar refractivity (Wildman–Crippen MR) is 93.5 cm³/mol. The molecular weight excluding hydrogens is 336 g/mol. The van der Waals surface area contributed by atoms with Crippen LogP contribution in [0, 0.1) is 0 Å². The maximum absolute atomic E-state index is 11.8. The molecule has 0 aliphatic heterocycles. The molecule has 2 heterocycles. The van der Waals surface area contributed by atoms with Gasteiger partial charge in [-0.05, 0) is 38.1 Å². The number of carbonyl (C=O) groups is 4. The number of nitrogens with zero attached hydrogens (tertiary/aromatic N) is 2. The van der Waals surface area contributed by atoms with Gasteiger partial charge in [0, 0.05) is 12.4 Å². The number of hydrogen-bond acceptors (Lipinski definition) is 6. The number of amides is 2. The summed E-state index contributed by atoms with van der Waals surface area (Å²) in [4.78, 5) is 53.8. The summed E-state index contributed by atoms with van der Waals surface area (Å²) in [5.41, 5.74) is 1.72. The van der Waals surface area contributed by atoms with E-state index >= 15 is 0 Å². The van der Waals surface area contributed by atoms with Crippen molar-refractivity contribution in [3.8, 4) is 11.4 Å². The highest BCUT2D eigenvalue weighted by molar-refractivity contribution is 5.97. The number of ketones is 2. The fourth-order valence-corrected chi connectivity index (χ4v) is 1.97. The van der Waals surface area contributed by atoms with E-state index in [1.807, 2.05) is 0 Å². The molecule has 0 aliphatic rings. The molecule has 0 spiro atoms. The molecular formula is C18H18N4O4. The Morgan fingerprint density at radius 2 is 1.12 bits per heavy atom. The summed E-state index contributed by atoms with van der Waals surface area (Å²) >= 11 is 0. The van der Waals surface area contributed by atoms with Crippen LogP contribution in [0.15, 0.2) is 36.7 Å². The number of pyridine rings is 2. The molecule has 8 heteroatoms. The highest BCUT2D eigenvalue weighted by Gasteiger charge is 2.10. The maximum Gasteiger partial charge on any atom is 0.253 e. The van der Waals surface area contributed by atoms with E-state index in [9.17, 15) is 19.2 Å². The molecule has 2 aromatic heterocycles. The second-order valence-electron chi connectivity index (χ2n) is 5.63. The van der Waals surface area contributed by atoms with Crippen molar-refractivity contribution in [3.63, 3.8) is 0 Å². The Bertz CT molecular complexity index is 758. The molecule has 0 fully saturated rings. The molecule has 2 aromatic rings. The standard InChI is InChI=1S/C18H18N4O4/c1-11(23)7-21-17(25)13-3-5-15(19-9-13)16-6-4-14(10-20-16)18(26)22-8-12(2)24/h3-6,9-10H,7-8H2,1-2H3,(H,21,25)(H,22,26). The van der Waals surface area contributed by atoms with E-state index < -0.39 is 0 Å². The van der Waals surface area contributed by atoms with Gasteiger partial charge in [0.2, 0.25) is 0 Å². The Kier molecular flexibility index (Phi) is 6.26. The number of carbonyl (C=O) groups excluding carboxylic acids is 4. The maximum atomic E-state index is 11.8. The minimum absolute atomic E-state index is 0.0324. The van der Waals surface area contributed by atoms with Crippen molar-refractivity contribution in [2.75, 3.05) is 13.1 Å². The highest BCUT2D eigenvalue weighted by atomic mass is 16.2. The predicted octanol–water partition coefficient (Wildman–Crippen LogP) is 0.781. The topological polar surface area (TPSA) is 118 Å². The lowest BCUT2D eigenvalue weighted by molar-refractivity contribution is -0.116.